The molecule has 0 saturated heterocycles. The third kappa shape index (κ3) is 4.18. The van der Waals surface area contributed by atoms with Gasteiger partial charge in [-0.3, -0.25) is 9.79 Å². The number of carbonyl (C=O) groups excluding carboxylic acids is 1. The number of carbonyl (C=O) groups is 1. The Balaban J connectivity index is 2.42. The zero-order valence-electron chi connectivity index (χ0n) is 12.4. The second-order valence-electron chi connectivity index (χ2n) is 5.30. The number of nitrogens with two attached hydrogens (primary N) is 2. The Hall–Kier alpha value is -2.14. The number of rotatable bonds is 3. The van der Waals surface area contributed by atoms with Crippen molar-refractivity contribution in [3.63, 3.8) is 0 Å². The fraction of sp³-hybridized carbons (Fsp3) is 0.312. The average Bonchev–Trinajstić information content (AvgIpc) is 2.65. The van der Waals surface area contributed by atoms with Crippen LogP contribution in [0.25, 0.3) is 5.57 Å². The van der Waals surface area contributed by atoms with Crippen molar-refractivity contribution in [2.24, 2.45) is 27.4 Å². The van der Waals surface area contributed by atoms with Crippen LogP contribution in [0.1, 0.15) is 24.5 Å². The van der Waals surface area contributed by atoms with Gasteiger partial charge in [-0.15, -0.1) is 0 Å². The van der Waals surface area contributed by atoms with Gasteiger partial charge in [-0.2, -0.15) is 4.99 Å². The van der Waals surface area contributed by atoms with E-state index in [4.69, 9.17) is 23.1 Å². The molecule has 0 spiro atoms. The lowest BCUT2D eigenvalue weighted by atomic mass is 9.95. The van der Waals surface area contributed by atoms with E-state index in [-0.39, 0.29) is 12.4 Å². The summed E-state index contributed by atoms with van der Waals surface area (Å²) in [6.45, 7) is 2.94. The molecule has 2 rings (SSSR count). The first-order valence-electron chi connectivity index (χ1n) is 7.09. The summed E-state index contributed by atoms with van der Waals surface area (Å²) < 4.78 is 0. The van der Waals surface area contributed by atoms with E-state index in [1.165, 1.54) is 0 Å². The zero-order chi connectivity index (χ0) is 16.1. The largest absolute Gasteiger partial charge is 0.370 e. The highest BCUT2D eigenvalue weighted by molar-refractivity contribution is 6.32. The molecule has 1 aliphatic rings. The van der Waals surface area contributed by atoms with Crippen LogP contribution < -0.4 is 11.5 Å². The van der Waals surface area contributed by atoms with Crippen molar-refractivity contribution < 1.29 is 4.79 Å². The topological polar surface area (TPSA) is 93.8 Å². The summed E-state index contributed by atoms with van der Waals surface area (Å²) in [6.07, 6.45) is 5.04. The molecule has 0 aliphatic carbocycles. The number of aliphatic imine (C=N–C) groups is 2. The number of halogens is 1. The summed E-state index contributed by atoms with van der Waals surface area (Å²) in [6, 6.07) is 5.54. The third-order valence-electron chi connectivity index (χ3n) is 3.42. The van der Waals surface area contributed by atoms with Crippen molar-refractivity contribution in [1.29, 1.82) is 0 Å². The normalized spacial score (nSPS) is 17.5. The van der Waals surface area contributed by atoms with Crippen molar-refractivity contribution in [2.45, 2.75) is 19.8 Å². The Morgan fingerprint density at radius 2 is 2.23 bits per heavy atom. The van der Waals surface area contributed by atoms with Gasteiger partial charge in [0.2, 0.25) is 0 Å². The molecule has 4 N–H and O–H groups in total. The SMILES string of the molecule is CC1C=C(c2cccc(Cl)c2CC(=O)N=C(N)N)C=NCC1. The molecule has 0 bridgehead atoms. The first-order chi connectivity index (χ1) is 10.5. The third-order valence-corrected chi connectivity index (χ3v) is 3.77. The first kappa shape index (κ1) is 16.2. The van der Waals surface area contributed by atoms with E-state index in [1.807, 2.05) is 18.3 Å². The van der Waals surface area contributed by atoms with E-state index in [9.17, 15) is 4.79 Å². The maximum absolute atomic E-state index is 11.9. The average molecular weight is 319 g/mol. The Bertz CT molecular complexity index is 660. The highest BCUT2D eigenvalue weighted by Gasteiger charge is 2.15. The van der Waals surface area contributed by atoms with Gasteiger partial charge in [0.15, 0.2) is 5.96 Å². The lowest BCUT2D eigenvalue weighted by Crippen LogP contribution is -2.24. The molecule has 6 heteroatoms. The Kier molecular flexibility index (Phi) is 5.33. The van der Waals surface area contributed by atoms with E-state index in [0.717, 1.165) is 24.1 Å². The molecule has 1 unspecified atom stereocenters. The quantitative estimate of drug-likeness (QED) is 0.660. The second-order valence-corrected chi connectivity index (χ2v) is 5.70. The molecule has 22 heavy (non-hydrogen) atoms. The number of benzene rings is 1. The van der Waals surface area contributed by atoms with E-state index < -0.39 is 5.91 Å². The molecule has 1 heterocycles. The van der Waals surface area contributed by atoms with Crippen LogP contribution in [0.5, 0.6) is 0 Å². The summed E-state index contributed by atoms with van der Waals surface area (Å²) in [5.74, 6) is -0.256. The summed E-state index contributed by atoms with van der Waals surface area (Å²) in [7, 11) is 0. The minimum absolute atomic E-state index is 0.0481. The standard InChI is InChI=1S/C16H19ClN4O/c1-10-5-6-20-9-11(7-10)12-3-2-4-14(17)13(12)8-15(22)21-16(18)19/h2-4,7,9-10H,5-6,8H2,1H3,(H4,18,19,21,22). The molecule has 1 aromatic carbocycles. The minimum Gasteiger partial charge on any atom is -0.370 e. The minimum atomic E-state index is -0.423. The fourth-order valence-electron chi connectivity index (χ4n) is 2.38. The number of allylic oxidation sites excluding steroid dienone is 2. The van der Waals surface area contributed by atoms with E-state index in [0.29, 0.717) is 16.5 Å². The molecule has 116 valence electrons. The lowest BCUT2D eigenvalue weighted by Gasteiger charge is -2.11. The van der Waals surface area contributed by atoms with E-state index in [2.05, 4.69) is 23.0 Å². The van der Waals surface area contributed by atoms with E-state index >= 15 is 0 Å². The van der Waals surface area contributed by atoms with Gasteiger partial charge in [0.05, 0.1) is 6.42 Å². The van der Waals surface area contributed by atoms with E-state index in [1.54, 1.807) is 6.07 Å². The van der Waals surface area contributed by atoms with Gasteiger partial charge in [-0.1, -0.05) is 36.7 Å². The van der Waals surface area contributed by atoms with Gasteiger partial charge in [-0.05, 0) is 35.1 Å². The number of hydrogen-bond acceptors (Lipinski definition) is 2. The summed E-state index contributed by atoms with van der Waals surface area (Å²) >= 11 is 6.27. The van der Waals surface area contributed by atoms with Crippen LogP contribution in [0.2, 0.25) is 5.02 Å². The maximum atomic E-state index is 11.9. The molecule has 1 atom stereocenters. The van der Waals surface area contributed by atoms with Gasteiger partial charge in [0, 0.05) is 17.8 Å². The van der Waals surface area contributed by atoms with Crippen LogP contribution in [0, 0.1) is 5.92 Å². The van der Waals surface area contributed by atoms with Crippen molar-refractivity contribution >= 4 is 35.3 Å². The zero-order valence-corrected chi connectivity index (χ0v) is 13.2. The molecular formula is C16H19ClN4O. The molecule has 1 aromatic rings. The highest BCUT2D eigenvalue weighted by Crippen LogP contribution is 2.28. The van der Waals surface area contributed by atoms with Crippen LogP contribution in [0.3, 0.4) is 0 Å². The Labute approximate surface area is 134 Å². The Morgan fingerprint density at radius 3 is 2.95 bits per heavy atom. The molecule has 0 radical (unpaired) electrons. The fourth-order valence-corrected chi connectivity index (χ4v) is 2.62. The van der Waals surface area contributed by atoms with Crippen molar-refractivity contribution in [3.05, 3.63) is 40.4 Å². The van der Waals surface area contributed by atoms with Gasteiger partial charge in [0.1, 0.15) is 0 Å². The Morgan fingerprint density at radius 1 is 1.45 bits per heavy atom. The van der Waals surface area contributed by atoms with Gasteiger partial charge in [-0.25, -0.2) is 0 Å². The second kappa shape index (κ2) is 7.22. The van der Waals surface area contributed by atoms with Crippen LogP contribution >= 0.6 is 11.6 Å². The van der Waals surface area contributed by atoms with Crippen LogP contribution in [-0.4, -0.2) is 24.6 Å². The number of nitrogens with zero attached hydrogens (tertiary/aromatic N) is 2. The van der Waals surface area contributed by atoms with Crippen LogP contribution in [-0.2, 0) is 11.2 Å². The molecule has 0 fully saturated rings. The number of hydrogen-bond donors (Lipinski definition) is 2. The van der Waals surface area contributed by atoms with Crippen molar-refractivity contribution in [2.75, 3.05) is 6.54 Å². The monoisotopic (exact) mass is 318 g/mol. The van der Waals surface area contributed by atoms with Crippen LogP contribution in [0.4, 0.5) is 0 Å². The van der Waals surface area contributed by atoms with Gasteiger partial charge in [0.25, 0.3) is 5.91 Å². The first-order valence-corrected chi connectivity index (χ1v) is 7.47. The number of amides is 1. The van der Waals surface area contributed by atoms with Crippen LogP contribution in [0.15, 0.2) is 34.3 Å². The van der Waals surface area contributed by atoms with Gasteiger partial charge >= 0.3 is 0 Å². The predicted molar refractivity (Wildman–Crippen MR) is 91.1 cm³/mol. The molecular weight excluding hydrogens is 300 g/mol. The summed E-state index contributed by atoms with van der Waals surface area (Å²) in [4.78, 5) is 19.8. The molecule has 5 nitrogen and oxygen atoms in total. The lowest BCUT2D eigenvalue weighted by molar-refractivity contribution is -0.117. The molecule has 1 aliphatic heterocycles. The number of guanidine groups is 1. The summed E-state index contributed by atoms with van der Waals surface area (Å²) in [5.41, 5.74) is 13.1. The van der Waals surface area contributed by atoms with Crippen molar-refractivity contribution in [1.82, 2.24) is 0 Å². The molecule has 0 aromatic heterocycles. The maximum Gasteiger partial charge on any atom is 0.253 e. The summed E-state index contributed by atoms with van der Waals surface area (Å²) in [5, 5.41) is 0.517. The van der Waals surface area contributed by atoms with Gasteiger partial charge < -0.3 is 11.5 Å². The predicted octanol–water partition coefficient (Wildman–Crippen LogP) is 2.18. The smallest absolute Gasteiger partial charge is 0.253 e. The van der Waals surface area contributed by atoms with Crippen molar-refractivity contribution in [3.8, 4) is 0 Å². The molecule has 0 saturated carbocycles. The molecule has 1 amide bonds. The highest BCUT2D eigenvalue weighted by atomic mass is 35.5.